The summed E-state index contributed by atoms with van der Waals surface area (Å²) in [6.07, 6.45) is 12.4. The lowest BCUT2D eigenvalue weighted by atomic mass is 9.85. The molecule has 1 saturated carbocycles. The lowest BCUT2D eigenvalue weighted by molar-refractivity contribution is -0.220. The summed E-state index contributed by atoms with van der Waals surface area (Å²) in [4.78, 5) is 36.1. The number of carbonyl (C=O) groups is 2. The molecular weight excluding hydrogens is 755 g/mol. The number of unbranched alkanes of at least 4 members (excludes halogenated alkanes) is 21. The van der Waals surface area contributed by atoms with Crippen LogP contribution in [0.15, 0.2) is 12.2 Å². The van der Waals surface area contributed by atoms with Gasteiger partial charge in [0.2, 0.25) is 0 Å². The largest absolute Gasteiger partial charge is 0.472 e. The van der Waals surface area contributed by atoms with Crippen molar-refractivity contribution in [3.63, 3.8) is 0 Å². The Bertz CT molecular complexity index is 1180. The predicted molar refractivity (Wildman–Crippen MR) is 221 cm³/mol. The fourth-order valence-electron chi connectivity index (χ4n) is 6.66. The zero-order valence-electron chi connectivity index (χ0n) is 38.1. The van der Waals surface area contributed by atoms with Crippen molar-refractivity contribution in [2.24, 2.45) is 0 Å². The van der Waals surface area contributed by atoms with Crippen LogP contribution in [0.3, 0.4) is 0 Å². The van der Waals surface area contributed by atoms with Gasteiger partial charge in [-0.1, -0.05) is 154 Å². The fourth-order valence-corrected chi connectivity index (χ4v) is 7.63. The number of aliphatic hydroxyl groups excluding tert-OH is 5. The molecule has 1 aliphatic carbocycles. The summed E-state index contributed by atoms with van der Waals surface area (Å²) < 4.78 is 58.0. The average molecular weight is 840 g/mol. The first-order valence-electron chi connectivity index (χ1n) is 23.7. The van der Waals surface area contributed by atoms with Gasteiger partial charge in [0.15, 0.2) is 6.10 Å². The normalized spacial score (nSPS) is 24.3. The van der Waals surface area contributed by atoms with Gasteiger partial charge < -0.3 is 39.9 Å². The Kier molecular flexibility index (Phi) is 29.1. The maximum atomic E-state index is 12.9. The summed E-state index contributed by atoms with van der Waals surface area (Å²) in [6.45, 7) is 2.70. The number of esters is 2. The Labute approximate surface area is 348 Å². The first-order chi connectivity index (χ1) is 28.6. The Morgan fingerprint density at radius 2 is 1.02 bits per heavy atom. The number of aliphatic hydroxyl groups is 5. The van der Waals surface area contributed by atoms with Gasteiger partial charge in [0, 0.05) is 16.9 Å². The molecule has 0 aromatic heterocycles. The average Bonchev–Trinajstić information content (AvgIpc) is 3.22. The van der Waals surface area contributed by atoms with E-state index in [1.807, 2.05) is 0 Å². The molecule has 14 heteroatoms. The summed E-state index contributed by atoms with van der Waals surface area (Å²) >= 11 is 0. The van der Waals surface area contributed by atoms with E-state index in [0.717, 1.165) is 64.2 Å². The molecule has 0 saturated heterocycles. The zero-order chi connectivity index (χ0) is 44.8. The highest BCUT2D eigenvalue weighted by molar-refractivity contribution is 7.47. The predicted octanol–water partition coefficient (Wildman–Crippen LogP) is 8.28. The number of phosphoric ester groups is 1. The van der Waals surface area contributed by atoms with Crippen molar-refractivity contribution in [1.82, 2.24) is 0 Å². The SMILES string of the molecule is [2H]C(CCCCCCCCCCCCC)C([2H])([2H])C(=O)OC[C@H](COP(=O)(O)OC1C(O)C(O)C(O)C(O)C1O)OC(=O)CCCCCCC/C=C\CCCCCCCC. The van der Waals surface area contributed by atoms with Crippen molar-refractivity contribution in [2.45, 2.75) is 236 Å². The quantitative estimate of drug-likeness (QED) is 0.0151. The maximum Gasteiger partial charge on any atom is 0.472 e. The van der Waals surface area contributed by atoms with E-state index in [1.165, 1.54) is 77.0 Å². The van der Waals surface area contributed by atoms with E-state index in [1.54, 1.807) is 0 Å². The Morgan fingerprint density at radius 3 is 1.51 bits per heavy atom. The van der Waals surface area contributed by atoms with E-state index >= 15 is 0 Å². The van der Waals surface area contributed by atoms with Crippen molar-refractivity contribution < 1.29 is 67.2 Å². The molecule has 0 aliphatic heterocycles. The summed E-state index contributed by atoms with van der Waals surface area (Å²) in [5.41, 5.74) is 0. The number of allylic oxidation sites excluding steroid dienone is 2. The van der Waals surface area contributed by atoms with Crippen LogP contribution in [0.4, 0.5) is 0 Å². The summed E-state index contributed by atoms with van der Waals surface area (Å²) in [6, 6.07) is 0. The van der Waals surface area contributed by atoms with E-state index in [2.05, 4.69) is 26.0 Å². The number of ether oxygens (including phenoxy) is 2. The van der Waals surface area contributed by atoms with Gasteiger partial charge >= 0.3 is 19.8 Å². The van der Waals surface area contributed by atoms with E-state index in [-0.39, 0.29) is 12.8 Å². The molecule has 0 spiro atoms. The van der Waals surface area contributed by atoms with Crippen LogP contribution in [0.5, 0.6) is 0 Å². The highest BCUT2D eigenvalue weighted by Gasteiger charge is 2.51. The summed E-state index contributed by atoms with van der Waals surface area (Å²) in [7, 11) is -5.25. The molecule has 7 atom stereocenters. The highest BCUT2D eigenvalue weighted by Crippen LogP contribution is 2.47. The van der Waals surface area contributed by atoms with Crippen LogP contribution in [-0.2, 0) is 32.7 Å². The van der Waals surface area contributed by atoms with Crippen LogP contribution < -0.4 is 0 Å². The molecule has 0 amide bonds. The molecule has 0 heterocycles. The van der Waals surface area contributed by atoms with Gasteiger partial charge in [-0.2, -0.15) is 0 Å². The topological polar surface area (TPSA) is 210 Å². The van der Waals surface area contributed by atoms with E-state index in [4.69, 9.17) is 22.6 Å². The van der Waals surface area contributed by atoms with Gasteiger partial charge in [-0.3, -0.25) is 18.6 Å². The standard InChI is InChI=1S/C43H81O13P/c1-3-5-7-9-11-13-15-17-18-20-22-24-26-28-30-32-37(45)55-35(34-54-57(51,52)56-43-41(49)39(47)38(46)40(48)42(43)50)33-53-36(44)31-29-27-25-23-21-19-16-14-12-10-8-6-4-2/h17-18,35,38-43,46-50H,3-16,19-34H2,1-2H3,(H,51,52)/b18-17-/t35-,38?,39?,40?,41?,42?,43?/m1/s1/i29D,31D2/t29?,35-,38?,39?,40?,41?,42?,43?. The van der Waals surface area contributed by atoms with Crippen molar-refractivity contribution in [3.8, 4) is 0 Å². The molecule has 1 fully saturated rings. The molecule has 0 aromatic rings. The second-order valence-corrected chi connectivity index (χ2v) is 16.9. The lowest BCUT2D eigenvalue weighted by Gasteiger charge is -2.41. The van der Waals surface area contributed by atoms with Gasteiger partial charge in [-0.05, 0) is 38.5 Å². The molecule has 1 rings (SSSR count). The fraction of sp³-hybridized carbons (Fsp3) is 0.907. The smallest absolute Gasteiger partial charge is 0.462 e. The van der Waals surface area contributed by atoms with Crippen LogP contribution in [0.1, 0.15) is 198 Å². The number of hydrogen-bond acceptors (Lipinski definition) is 12. The van der Waals surface area contributed by atoms with Crippen molar-refractivity contribution in [2.75, 3.05) is 13.2 Å². The van der Waals surface area contributed by atoms with E-state index in [9.17, 15) is 44.6 Å². The van der Waals surface area contributed by atoms with Gasteiger partial charge in [0.25, 0.3) is 0 Å². The zero-order valence-corrected chi connectivity index (χ0v) is 36.0. The van der Waals surface area contributed by atoms with Crippen LogP contribution in [0.2, 0.25) is 0 Å². The minimum Gasteiger partial charge on any atom is -0.462 e. The van der Waals surface area contributed by atoms with Crippen molar-refractivity contribution in [3.05, 3.63) is 12.2 Å². The molecule has 336 valence electrons. The monoisotopic (exact) mass is 840 g/mol. The number of phosphoric acid groups is 1. The molecule has 0 aromatic carbocycles. The van der Waals surface area contributed by atoms with Crippen LogP contribution >= 0.6 is 7.82 Å². The molecule has 6 N–H and O–H groups in total. The molecule has 57 heavy (non-hydrogen) atoms. The Hall–Kier alpha value is -1.41. The Balaban J connectivity index is 2.65. The molecular formula is C43H81O13P. The van der Waals surface area contributed by atoms with Crippen LogP contribution in [0.25, 0.3) is 0 Å². The lowest BCUT2D eigenvalue weighted by Crippen LogP contribution is -2.64. The molecule has 6 unspecified atom stereocenters. The molecule has 0 radical (unpaired) electrons. The summed E-state index contributed by atoms with van der Waals surface area (Å²) in [5.74, 6) is -2.11. The third-order valence-electron chi connectivity index (χ3n) is 10.3. The number of carbonyl (C=O) groups excluding carboxylic acids is 2. The first-order valence-corrected chi connectivity index (χ1v) is 23.6. The summed E-state index contributed by atoms with van der Waals surface area (Å²) in [5, 5.41) is 50.2. The van der Waals surface area contributed by atoms with Crippen molar-refractivity contribution >= 4 is 19.8 Å². The van der Waals surface area contributed by atoms with E-state index < -0.39 is 88.5 Å². The number of rotatable bonds is 37. The van der Waals surface area contributed by atoms with E-state index in [0.29, 0.717) is 12.8 Å². The van der Waals surface area contributed by atoms with Gasteiger partial charge in [-0.25, -0.2) is 4.57 Å². The molecule has 1 aliphatic rings. The maximum absolute atomic E-state index is 12.9. The Morgan fingerprint density at radius 1 is 0.596 bits per heavy atom. The van der Waals surface area contributed by atoms with Crippen LogP contribution in [-0.4, -0.2) is 98.3 Å². The van der Waals surface area contributed by atoms with Crippen LogP contribution in [0, 0.1) is 0 Å². The van der Waals surface area contributed by atoms with Gasteiger partial charge in [0.1, 0.15) is 43.2 Å². The third kappa shape index (κ3) is 27.1. The molecule has 13 nitrogen and oxygen atoms in total. The van der Waals surface area contributed by atoms with Gasteiger partial charge in [0.05, 0.1) is 6.61 Å². The van der Waals surface area contributed by atoms with Gasteiger partial charge in [-0.15, -0.1) is 0 Å². The third-order valence-corrected chi connectivity index (χ3v) is 11.2. The first kappa shape index (κ1) is 48.3. The minimum absolute atomic E-state index is 0.0248. The number of hydrogen-bond donors (Lipinski definition) is 6. The second-order valence-electron chi connectivity index (χ2n) is 15.5. The second kappa shape index (κ2) is 34.3. The van der Waals surface area contributed by atoms with Crippen molar-refractivity contribution in [1.29, 1.82) is 0 Å². The highest BCUT2D eigenvalue weighted by atomic mass is 31.2. The minimum atomic E-state index is -5.25. The molecule has 0 bridgehead atoms.